The lowest BCUT2D eigenvalue weighted by Crippen LogP contribution is -2.43. The Kier molecular flexibility index (Phi) is 3.66. The Morgan fingerprint density at radius 3 is 2.44 bits per heavy atom. The summed E-state index contributed by atoms with van der Waals surface area (Å²) < 4.78 is 26.8. The Morgan fingerprint density at radius 1 is 1.28 bits per heavy atom. The molecule has 0 aliphatic heterocycles. The van der Waals surface area contributed by atoms with Crippen LogP contribution in [0, 0.1) is 11.3 Å². The summed E-state index contributed by atoms with van der Waals surface area (Å²) in [5.74, 6) is 0. The number of hydrogen-bond donors (Lipinski definition) is 2. The van der Waals surface area contributed by atoms with Crippen LogP contribution in [0.15, 0.2) is 29.2 Å². The van der Waals surface area contributed by atoms with Crippen LogP contribution in [0.5, 0.6) is 0 Å². The summed E-state index contributed by atoms with van der Waals surface area (Å²) >= 11 is 0. The van der Waals surface area contributed by atoms with Crippen LogP contribution in [0.3, 0.4) is 0 Å². The van der Waals surface area contributed by atoms with Gasteiger partial charge >= 0.3 is 0 Å². The van der Waals surface area contributed by atoms with E-state index in [1.807, 2.05) is 6.07 Å². The van der Waals surface area contributed by atoms with Crippen molar-refractivity contribution in [3.8, 4) is 6.07 Å². The van der Waals surface area contributed by atoms with Crippen molar-refractivity contribution in [1.29, 1.82) is 5.26 Å². The summed E-state index contributed by atoms with van der Waals surface area (Å²) in [6.07, 6.45) is 2.57. The van der Waals surface area contributed by atoms with Gasteiger partial charge in [0.05, 0.1) is 16.5 Å². The monoisotopic (exact) mass is 265 g/mol. The second-order valence-electron chi connectivity index (χ2n) is 4.46. The molecular weight excluding hydrogens is 250 g/mol. The molecule has 0 spiro atoms. The minimum atomic E-state index is -3.54. The summed E-state index contributed by atoms with van der Waals surface area (Å²) in [7, 11) is -3.54. The summed E-state index contributed by atoms with van der Waals surface area (Å²) in [5.41, 5.74) is 6.28. The standard InChI is InChI=1S/C12H15N3O2S/c13-8-9-4-6-10(7-5-9)18(16,17)15-12-3-1-2-11(12)14/h4-7,11-12,15H,1-3,14H2. The van der Waals surface area contributed by atoms with Crippen molar-refractivity contribution in [3.63, 3.8) is 0 Å². The zero-order chi connectivity index (χ0) is 13.2. The molecule has 0 aromatic heterocycles. The van der Waals surface area contributed by atoms with Crippen LogP contribution >= 0.6 is 0 Å². The van der Waals surface area contributed by atoms with Crippen molar-refractivity contribution >= 4 is 10.0 Å². The lowest BCUT2D eigenvalue weighted by Gasteiger charge is -2.17. The van der Waals surface area contributed by atoms with Gasteiger partial charge in [-0.1, -0.05) is 6.42 Å². The van der Waals surface area contributed by atoms with Gasteiger partial charge in [0.15, 0.2) is 0 Å². The quantitative estimate of drug-likeness (QED) is 0.841. The Bertz CT molecular complexity index is 560. The predicted molar refractivity (Wildman–Crippen MR) is 67.1 cm³/mol. The van der Waals surface area contributed by atoms with Crippen LogP contribution < -0.4 is 10.5 Å². The molecule has 0 saturated heterocycles. The van der Waals surface area contributed by atoms with E-state index in [4.69, 9.17) is 11.0 Å². The topological polar surface area (TPSA) is 96.0 Å². The first-order valence-electron chi connectivity index (χ1n) is 5.81. The average molecular weight is 265 g/mol. The maximum atomic E-state index is 12.1. The second-order valence-corrected chi connectivity index (χ2v) is 6.17. The number of sulfonamides is 1. The lowest BCUT2D eigenvalue weighted by atomic mass is 10.2. The third kappa shape index (κ3) is 2.70. The molecular formula is C12H15N3O2S. The number of nitriles is 1. The van der Waals surface area contributed by atoms with E-state index in [9.17, 15) is 8.42 Å². The number of nitrogens with two attached hydrogens (primary N) is 1. The highest BCUT2D eigenvalue weighted by Crippen LogP contribution is 2.20. The molecule has 3 N–H and O–H groups in total. The largest absolute Gasteiger partial charge is 0.326 e. The van der Waals surface area contributed by atoms with E-state index < -0.39 is 10.0 Å². The molecule has 1 aromatic carbocycles. The van der Waals surface area contributed by atoms with E-state index >= 15 is 0 Å². The highest BCUT2D eigenvalue weighted by atomic mass is 32.2. The first-order valence-corrected chi connectivity index (χ1v) is 7.29. The van der Waals surface area contributed by atoms with E-state index in [1.54, 1.807) is 0 Å². The third-order valence-electron chi connectivity index (χ3n) is 3.17. The molecule has 1 aliphatic carbocycles. The fraction of sp³-hybridized carbons (Fsp3) is 0.417. The van der Waals surface area contributed by atoms with E-state index in [2.05, 4.69) is 4.72 Å². The predicted octanol–water partition coefficient (Wildman–Crippen LogP) is 0.716. The van der Waals surface area contributed by atoms with Gasteiger partial charge < -0.3 is 5.73 Å². The average Bonchev–Trinajstić information content (AvgIpc) is 2.74. The molecule has 0 radical (unpaired) electrons. The van der Waals surface area contributed by atoms with Crippen LogP contribution in [0.2, 0.25) is 0 Å². The van der Waals surface area contributed by atoms with E-state index in [-0.39, 0.29) is 17.0 Å². The number of nitrogens with zero attached hydrogens (tertiary/aromatic N) is 1. The summed E-state index contributed by atoms with van der Waals surface area (Å²) in [5, 5.41) is 8.66. The SMILES string of the molecule is N#Cc1ccc(S(=O)(=O)NC2CCCC2N)cc1. The molecule has 1 saturated carbocycles. The van der Waals surface area contributed by atoms with Gasteiger partial charge in [-0.15, -0.1) is 0 Å². The Balaban J connectivity index is 2.17. The lowest BCUT2D eigenvalue weighted by molar-refractivity contribution is 0.522. The molecule has 1 aromatic rings. The van der Waals surface area contributed by atoms with Crippen LogP contribution in [0.25, 0.3) is 0 Å². The van der Waals surface area contributed by atoms with Crippen molar-refractivity contribution < 1.29 is 8.42 Å². The van der Waals surface area contributed by atoms with Crippen molar-refractivity contribution in [2.45, 2.75) is 36.2 Å². The van der Waals surface area contributed by atoms with Gasteiger partial charge in [0.25, 0.3) is 0 Å². The molecule has 0 amide bonds. The van der Waals surface area contributed by atoms with Crippen LogP contribution in [-0.4, -0.2) is 20.5 Å². The fourth-order valence-electron chi connectivity index (χ4n) is 2.11. The van der Waals surface area contributed by atoms with Crippen molar-refractivity contribution in [2.24, 2.45) is 5.73 Å². The van der Waals surface area contributed by atoms with Gasteiger partial charge in [-0.25, -0.2) is 13.1 Å². The molecule has 18 heavy (non-hydrogen) atoms. The van der Waals surface area contributed by atoms with Gasteiger partial charge in [-0.2, -0.15) is 5.26 Å². The van der Waals surface area contributed by atoms with Crippen LogP contribution in [0.1, 0.15) is 24.8 Å². The molecule has 6 heteroatoms. The van der Waals surface area contributed by atoms with Gasteiger partial charge in [0.2, 0.25) is 10.0 Å². The summed E-state index contributed by atoms with van der Waals surface area (Å²) in [6.45, 7) is 0. The molecule has 5 nitrogen and oxygen atoms in total. The number of hydrogen-bond acceptors (Lipinski definition) is 4. The molecule has 96 valence electrons. The molecule has 1 fully saturated rings. The summed E-state index contributed by atoms with van der Waals surface area (Å²) in [4.78, 5) is 0.167. The van der Waals surface area contributed by atoms with Gasteiger partial charge in [0.1, 0.15) is 0 Å². The van der Waals surface area contributed by atoms with Gasteiger partial charge in [-0.05, 0) is 37.1 Å². The van der Waals surface area contributed by atoms with Crippen LogP contribution in [0.4, 0.5) is 0 Å². The zero-order valence-electron chi connectivity index (χ0n) is 9.83. The highest BCUT2D eigenvalue weighted by molar-refractivity contribution is 7.89. The molecule has 2 rings (SSSR count). The molecule has 0 heterocycles. The van der Waals surface area contributed by atoms with E-state index in [0.29, 0.717) is 5.56 Å². The minimum absolute atomic E-state index is 0.113. The maximum absolute atomic E-state index is 12.1. The molecule has 2 atom stereocenters. The zero-order valence-corrected chi connectivity index (χ0v) is 10.7. The maximum Gasteiger partial charge on any atom is 0.240 e. The van der Waals surface area contributed by atoms with Gasteiger partial charge in [0, 0.05) is 12.1 Å². The van der Waals surface area contributed by atoms with Crippen molar-refractivity contribution in [3.05, 3.63) is 29.8 Å². The Morgan fingerprint density at radius 2 is 1.94 bits per heavy atom. The normalized spacial score (nSPS) is 23.8. The molecule has 2 unspecified atom stereocenters. The van der Waals surface area contributed by atoms with E-state index in [0.717, 1.165) is 19.3 Å². The molecule has 0 bridgehead atoms. The number of nitrogens with one attached hydrogen (secondary N) is 1. The van der Waals surface area contributed by atoms with Gasteiger partial charge in [-0.3, -0.25) is 0 Å². The molecule has 1 aliphatic rings. The highest BCUT2D eigenvalue weighted by Gasteiger charge is 2.28. The minimum Gasteiger partial charge on any atom is -0.326 e. The van der Waals surface area contributed by atoms with Crippen molar-refractivity contribution in [2.75, 3.05) is 0 Å². The first-order chi connectivity index (χ1) is 8.53. The Hall–Kier alpha value is -1.42. The van der Waals surface area contributed by atoms with Crippen LogP contribution in [-0.2, 0) is 10.0 Å². The number of benzene rings is 1. The Labute approximate surface area is 107 Å². The summed E-state index contributed by atoms with van der Waals surface area (Å²) in [6, 6.07) is 7.49. The first kappa shape index (κ1) is 13.0. The smallest absolute Gasteiger partial charge is 0.240 e. The second kappa shape index (κ2) is 5.06. The van der Waals surface area contributed by atoms with E-state index in [1.165, 1.54) is 24.3 Å². The number of rotatable bonds is 3. The third-order valence-corrected chi connectivity index (χ3v) is 4.68. The van der Waals surface area contributed by atoms with Crippen molar-refractivity contribution in [1.82, 2.24) is 4.72 Å². The fourth-order valence-corrected chi connectivity index (χ4v) is 3.43.